The van der Waals surface area contributed by atoms with Crippen LogP contribution in [0.3, 0.4) is 0 Å². The SMILES string of the molecule is CC(O)(Cc1ccc(C(F)(F)F)cc1)CC1CC1. The summed E-state index contributed by atoms with van der Waals surface area (Å²) in [5, 5.41) is 10.2. The summed E-state index contributed by atoms with van der Waals surface area (Å²) in [6.07, 6.45) is -0.850. The van der Waals surface area contributed by atoms with Gasteiger partial charge in [0.15, 0.2) is 0 Å². The molecule has 0 saturated heterocycles. The van der Waals surface area contributed by atoms with Crippen molar-refractivity contribution in [1.82, 2.24) is 0 Å². The lowest BCUT2D eigenvalue weighted by atomic mass is 9.91. The van der Waals surface area contributed by atoms with Crippen molar-refractivity contribution >= 4 is 0 Å². The van der Waals surface area contributed by atoms with Gasteiger partial charge < -0.3 is 5.11 Å². The van der Waals surface area contributed by atoms with Crippen LogP contribution in [-0.4, -0.2) is 10.7 Å². The molecule has 0 aliphatic heterocycles. The maximum atomic E-state index is 12.4. The molecule has 0 amide bonds. The third kappa shape index (κ3) is 3.73. The molecule has 1 N–H and O–H groups in total. The van der Waals surface area contributed by atoms with Crippen LogP contribution < -0.4 is 0 Å². The van der Waals surface area contributed by atoms with Crippen molar-refractivity contribution in [2.45, 2.75) is 44.4 Å². The van der Waals surface area contributed by atoms with Crippen molar-refractivity contribution in [2.75, 3.05) is 0 Å². The van der Waals surface area contributed by atoms with E-state index in [2.05, 4.69) is 0 Å². The predicted octanol–water partition coefficient (Wildman–Crippen LogP) is 3.80. The first-order valence-corrected chi connectivity index (χ1v) is 6.15. The molecule has 1 aliphatic rings. The highest BCUT2D eigenvalue weighted by Gasteiger charge is 2.33. The second-order valence-corrected chi connectivity index (χ2v) is 5.52. The van der Waals surface area contributed by atoms with Crippen LogP contribution in [0.2, 0.25) is 0 Å². The van der Waals surface area contributed by atoms with Gasteiger partial charge in [-0.1, -0.05) is 25.0 Å². The van der Waals surface area contributed by atoms with E-state index >= 15 is 0 Å². The van der Waals surface area contributed by atoms with Gasteiger partial charge in [-0.2, -0.15) is 13.2 Å². The molecule has 0 spiro atoms. The summed E-state index contributed by atoms with van der Waals surface area (Å²) in [5.74, 6) is 0.592. The van der Waals surface area contributed by atoms with Crippen LogP contribution in [0.15, 0.2) is 24.3 Å². The summed E-state index contributed by atoms with van der Waals surface area (Å²) >= 11 is 0. The zero-order valence-corrected chi connectivity index (χ0v) is 10.3. The average Bonchev–Trinajstić information content (AvgIpc) is 2.99. The van der Waals surface area contributed by atoms with Gasteiger partial charge in [0.2, 0.25) is 0 Å². The van der Waals surface area contributed by atoms with E-state index in [1.807, 2.05) is 0 Å². The summed E-state index contributed by atoms with van der Waals surface area (Å²) in [7, 11) is 0. The van der Waals surface area contributed by atoms with Gasteiger partial charge in [-0.25, -0.2) is 0 Å². The van der Waals surface area contributed by atoms with Gasteiger partial charge in [0.05, 0.1) is 11.2 Å². The van der Waals surface area contributed by atoms with Crippen LogP contribution >= 0.6 is 0 Å². The normalized spacial score (nSPS) is 19.6. The van der Waals surface area contributed by atoms with Crippen LogP contribution in [0.25, 0.3) is 0 Å². The molecule has 18 heavy (non-hydrogen) atoms. The molecule has 1 atom stereocenters. The quantitative estimate of drug-likeness (QED) is 0.871. The van der Waals surface area contributed by atoms with Crippen molar-refractivity contribution in [1.29, 1.82) is 0 Å². The molecule has 1 unspecified atom stereocenters. The number of alkyl halides is 3. The Balaban J connectivity index is 2.01. The van der Waals surface area contributed by atoms with E-state index in [0.29, 0.717) is 12.3 Å². The number of rotatable bonds is 4. The number of hydrogen-bond acceptors (Lipinski definition) is 1. The van der Waals surface area contributed by atoms with Gasteiger partial charge in [-0.3, -0.25) is 0 Å². The van der Waals surface area contributed by atoms with E-state index in [1.165, 1.54) is 12.1 Å². The Morgan fingerprint density at radius 2 is 1.72 bits per heavy atom. The molecule has 1 aliphatic carbocycles. The summed E-state index contributed by atoms with van der Waals surface area (Å²) in [6, 6.07) is 5.04. The Labute approximate surface area is 105 Å². The summed E-state index contributed by atoms with van der Waals surface area (Å²) in [6.45, 7) is 1.75. The van der Waals surface area contributed by atoms with Gasteiger partial charge in [0.25, 0.3) is 0 Å². The molecule has 2 rings (SSSR count). The fourth-order valence-electron chi connectivity index (χ4n) is 2.27. The molecule has 100 valence electrons. The van der Waals surface area contributed by atoms with Gasteiger partial charge in [0, 0.05) is 6.42 Å². The summed E-state index contributed by atoms with van der Waals surface area (Å²) in [4.78, 5) is 0. The molecule has 1 fully saturated rings. The summed E-state index contributed by atoms with van der Waals surface area (Å²) in [5.41, 5.74) is -0.720. The molecular formula is C14H17F3O. The standard InChI is InChI=1S/C14H17F3O/c1-13(18,8-10-2-3-10)9-11-4-6-12(7-5-11)14(15,16)17/h4-7,10,18H,2-3,8-9H2,1H3. The van der Waals surface area contributed by atoms with Crippen LogP contribution in [0.5, 0.6) is 0 Å². The number of aliphatic hydroxyl groups is 1. The van der Waals surface area contributed by atoms with Crippen molar-refractivity contribution in [3.05, 3.63) is 35.4 Å². The lowest BCUT2D eigenvalue weighted by Gasteiger charge is -2.23. The highest BCUT2D eigenvalue weighted by atomic mass is 19.4. The number of hydrogen-bond donors (Lipinski definition) is 1. The molecule has 1 aromatic carbocycles. The Morgan fingerprint density at radius 1 is 1.17 bits per heavy atom. The fourth-order valence-corrected chi connectivity index (χ4v) is 2.27. The smallest absolute Gasteiger partial charge is 0.390 e. The van der Waals surface area contributed by atoms with Gasteiger partial charge in [0.1, 0.15) is 0 Å². The first-order chi connectivity index (χ1) is 8.26. The van der Waals surface area contributed by atoms with Crippen LogP contribution in [0.4, 0.5) is 13.2 Å². The molecule has 0 bridgehead atoms. The van der Waals surface area contributed by atoms with Gasteiger partial charge in [-0.15, -0.1) is 0 Å². The lowest BCUT2D eigenvalue weighted by molar-refractivity contribution is -0.137. The Hall–Kier alpha value is -1.03. The number of benzene rings is 1. The lowest BCUT2D eigenvalue weighted by Crippen LogP contribution is -2.27. The molecule has 0 heterocycles. The molecule has 1 nitrogen and oxygen atoms in total. The van der Waals surface area contributed by atoms with E-state index in [-0.39, 0.29) is 0 Å². The molecule has 1 saturated carbocycles. The molecule has 0 aromatic heterocycles. The van der Waals surface area contributed by atoms with E-state index < -0.39 is 17.3 Å². The second kappa shape index (κ2) is 4.57. The van der Waals surface area contributed by atoms with Crippen LogP contribution in [-0.2, 0) is 12.6 Å². The van der Waals surface area contributed by atoms with Crippen LogP contribution in [0.1, 0.15) is 37.3 Å². The zero-order chi connectivity index (χ0) is 13.4. The largest absolute Gasteiger partial charge is 0.416 e. The maximum absolute atomic E-state index is 12.4. The van der Waals surface area contributed by atoms with E-state index in [1.54, 1.807) is 6.92 Å². The zero-order valence-electron chi connectivity index (χ0n) is 10.3. The molecule has 1 aromatic rings. The van der Waals surface area contributed by atoms with Gasteiger partial charge >= 0.3 is 6.18 Å². The third-order valence-corrected chi connectivity index (χ3v) is 3.29. The molecule has 4 heteroatoms. The minimum absolute atomic E-state index is 0.404. The highest BCUT2D eigenvalue weighted by Crippen LogP contribution is 2.38. The maximum Gasteiger partial charge on any atom is 0.416 e. The second-order valence-electron chi connectivity index (χ2n) is 5.52. The Bertz CT molecular complexity index is 402. The van der Waals surface area contributed by atoms with Gasteiger partial charge in [-0.05, 0) is 37.0 Å². The predicted molar refractivity (Wildman–Crippen MR) is 63.1 cm³/mol. The van der Waals surface area contributed by atoms with E-state index in [0.717, 1.165) is 37.0 Å². The van der Waals surface area contributed by atoms with Crippen LogP contribution in [0, 0.1) is 5.92 Å². The first-order valence-electron chi connectivity index (χ1n) is 6.15. The van der Waals surface area contributed by atoms with E-state index in [4.69, 9.17) is 0 Å². The number of halogens is 3. The molecular weight excluding hydrogens is 241 g/mol. The minimum atomic E-state index is -4.30. The van der Waals surface area contributed by atoms with E-state index in [9.17, 15) is 18.3 Å². The Kier molecular flexibility index (Phi) is 3.41. The first kappa shape index (κ1) is 13.4. The van der Waals surface area contributed by atoms with Crippen molar-refractivity contribution in [3.63, 3.8) is 0 Å². The monoisotopic (exact) mass is 258 g/mol. The minimum Gasteiger partial charge on any atom is -0.390 e. The van der Waals surface area contributed by atoms with Crippen molar-refractivity contribution in [3.8, 4) is 0 Å². The fraction of sp³-hybridized carbons (Fsp3) is 0.571. The third-order valence-electron chi connectivity index (χ3n) is 3.29. The van der Waals surface area contributed by atoms with Crippen molar-refractivity contribution in [2.24, 2.45) is 5.92 Å². The Morgan fingerprint density at radius 3 is 2.17 bits per heavy atom. The average molecular weight is 258 g/mol. The highest BCUT2D eigenvalue weighted by molar-refractivity contribution is 5.25. The molecule has 0 radical (unpaired) electrons. The van der Waals surface area contributed by atoms with Crippen molar-refractivity contribution < 1.29 is 18.3 Å². The summed E-state index contributed by atoms with van der Waals surface area (Å²) < 4.78 is 37.2. The topological polar surface area (TPSA) is 20.2 Å².